The molecule has 2 rings (SSSR count). The lowest BCUT2D eigenvalue weighted by Crippen LogP contribution is -2.36. The summed E-state index contributed by atoms with van der Waals surface area (Å²) in [5.74, 6) is -0.974. The molecule has 25 heavy (non-hydrogen) atoms. The number of carboxylic acid groups (broad SMARTS) is 1. The number of hydrogen-bond acceptors (Lipinski definition) is 2. The van der Waals surface area contributed by atoms with Crippen molar-refractivity contribution in [3.05, 3.63) is 70.2 Å². The number of amides is 1. The molecular weight excluding hydrogens is 338 g/mol. The van der Waals surface area contributed by atoms with E-state index in [0.29, 0.717) is 23.6 Å². The van der Waals surface area contributed by atoms with Gasteiger partial charge in [-0.2, -0.15) is 0 Å². The van der Waals surface area contributed by atoms with Gasteiger partial charge in [-0.25, -0.2) is 4.79 Å². The Labute approximate surface area is 153 Å². The van der Waals surface area contributed by atoms with Crippen molar-refractivity contribution in [1.82, 2.24) is 4.90 Å². The fraction of sp³-hybridized carbons (Fsp3) is 0.300. The predicted octanol–water partition coefficient (Wildman–Crippen LogP) is 4.41. The lowest BCUT2D eigenvalue weighted by molar-refractivity contribution is -0.133. The number of aromatic carboxylic acids is 1. The van der Waals surface area contributed by atoms with Gasteiger partial charge in [0.05, 0.1) is 5.56 Å². The minimum atomic E-state index is -0.970. The van der Waals surface area contributed by atoms with Gasteiger partial charge in [0, 0.05) is 24.0 Å². The van der Waals surface area contributed by atoms with E-state index in [1.165, 1.54) is 0 Å². The molecule has 4 nitrogen and oxygen atoms in total. The first-order valence-electron chi connectivity index (χ1n) is 8.23. The van der Waals surface area contributed by atoms with E-state index < -0.39 is 5.97 Å². The molecule has 0 aromatic heterocycles. The third-order valence-electron chi connectivity index (χ3n) is 4.04. The molecule has 0 radical (unpaired) electrons. The van der Waals surface area contributed by atoms with Gasteiger partial charge in [0.15, 0.2) is 0 Å². The van der Waals surface area contributed by atoms with Crippen LogP contribution in [0.4, 0.5) is 0 Å². The lowest BCUT2D eigenvalue weighted by atomic mass is 10.0. The van der Waals surface area contributed by atoms with Crippen LogP contribution in [0.15, 0.2) is 48.5 Å². The molecule has 0 spiro atoms. The van der Waals surface area contributed by atoms with Gasteiger partial charge in [-0.15, -0.1) is 0 Å². The number of halogens is 1. The smallest absolute Gasteiger partial charge is 0.335 e. The van der Waals surface area contributed by atoms with Gasteiger partial charge in [-0.05, 0) is 49.6 Å². The van der Waals surface area contributed by atoms with Crippen molar-refractivity contribution in [2.24, 2.45) is 0 Å². The minimum absolute atomic E-state index is 0.00447. The summed E-state index contributed by atoms with van der Waals surface area (Å²) in [6.07, 6.45) is 0.670. The van der Waals surface area contributed by atoms with Crippen molar-refractivity contribution in [2.45, 2.75) is 39.3 Å². The molecule has 1 amide bonds. The Morgan fingerprint density at radius 1 is 1.12 bits per heavy atom. The van der Waals surface area contributed by atoms with Crippen LogP contribution in [-0.4, -0.2) is 27.9 Å². The summed E-state index contributed by atoms with van der Waals surface area (Å²) >= 11 is 6.02. The zero-order valence-electron chi connectivity index (χ0n) is 14.4. The number of nitrogens with zero attached hydrogens (tertiary/aromatic N) is 1. The summed E-state index contributed by atoms with van der Waals surface area (Å²) in [4.78, 5) is 25.7. The topological polar surface area (TPSA) is 57.6 Å². The second-order valence-electron chi connectivity index (χ2n) is 6.21. The molecule has 2 aromatic carbocycles. The maximum Gasteiger partial charge on any atom is 0.335 e. The van der Waals surface area contributed by atoms with E-state index in [0.717, 1.165) is 5.56 Å². The second kappa shape index (κ2) is 8.67. The van der Waals surface area contributed by atoms with Gasteiger partial charge in [0.2, 0.25) is 5.91 Å². The number of aryl methyl sites for hydroxylation is 1. The maximum atomic E-state index is 12.7. The van der Waals surface area contributed by atoms with Gasteiger partial charge >= 0.3 is 5.97 Å². The summed E-state index contributed by atoms with van der Waals surface area (Å²) in [6.45, 7) is 4.42. The molecule has 0 saturated heterocycles. The van der Waals surface area contributed by atoms with Crippen LogP contribution in [-0.2, 0) is 17.8 Å². The maximum absolute atomic E-state index is 12.7. The molecule has 0 unspecified atom stereocenters. The highest BCUT2D eigenvalue weighted by molar-refractivity contribution is 6.30. The van der Waals surface area contributed by atoms with Crippen LogP contribution < -0.4 is 0 Å². The quantitative estimate of drug-likeness (QED) is 0.796. The van der Waals surface area contributed by atoms with Crippen molar-refractivity contribution < 1.29 is 14.7 Å². The number of benzene rings is 2. The van der Waals surface area contributed by atoms with Crippen LogP contribution in [0.5, 0.6) is 0 Å². The minimum Gasteiger partial charge on any atom is -0.478 e. The number of carboxylic acids is 1. The molecule has 0 aliphatic rings. The van der Waals surface area contributed by atoms with Crippen molar-refractivity contribution in [1.29, 1.82) is 0 Å². The van der Waals surface area contributed by atoms with Crippen LogP contribution in [0.3, 0.4) is 0 Å². The van der Waals surface area contributed by atoms with Gasteiger partial charge in [-0.1, -0.05) is 41.9 Å². The second-order valence-corrected chi connectivity index (χ2v) is 6.64. The zero-order valence-corrected chi connectivity index (χ0v) is 15.2. The summed E-state index contributed by atoms with van der Waals surface area (Å²) in [5, 5.41) is 9.88. The van der Waals surface area contributed by atoms with Crippen LogP contribution in [0.2, 0.25) is 5.02 Å². The first-order chi connectivity index (χ1) is 11.9. The Morgan fingerprint density at radius 3 is 2.48 bits per heavy atom. The largest absolute Gasteiger partial charge is 0.478 e. The predicted molar refractivity (Wildman–Crippen MR) is 98.9 cm³/mol. The van der Waals surface area contributed by atoms with Crippen LogP contribution in [0.25, 0.3) is 0 Å². The standard InChI is InChI=1S/C20H22ClNO3/c1-14(2)22(13-15-6-5-8-17(21)12-15)19(23)11-10-16-7-3-4-9-18(16)20(24)25/h3-9,12,14H,10-11,13H2,1-2H3,(H,24,25). The fourth-order valence-corrected chi connectivity index (χ4v) is 2.94. The third-order valence-corrected chi connectivity index (χ3v) is 4.28. The van der Waals surface area contributed by atoms with Gasteiger partial charge < -0.3 is 10.0 Å². The Kier molecular flexibility index (Phi) is 6.59. The highest BCUT2D eigenvalue weighted by atomic mass is 35.5. The van der Waals surface area contributed by atoms with Gasteiger partial charge in [0.1, 0.15) is 0 Å². The molecule has 2 aromatic rings. The van der Waals surface area contributed by atoms with E-state index in [1.54, 1.807) is 35.2 Å². The van der Waals surface area contributed by atoms with Crippen LogP contribution >= 0.6 is 11.6 Å². The molecule has 1 N–H and O–H groups in total. The average molecular weight is 360 g/mol. The van der Waals surface area contributed by atoms with E-state index in [9.17, 15) is 14.7 Å². The van der Waals surface area contributed by atoms with Crippen molar-refractivity contribution in [3.63, 3.8) is 0 Å². The van der Waals surface area contributed by atoms with Crippen LogP contribution in [0, 0.1) is 0 Å². The lowest BCUT2D eigenvalue weighted by Gasteiger charge is -2.27. The molecule has 0 atom stereocenters. The Bertz CT molecular complexity index is 758. The summed E-state index contributed by atoms with van der Waals surface area (Å²) in [7, 11) is 0. The number of carbonyl (C=O) groups excluding carboxylic acids is 1. The Morgan fingerprint density at radius 2 is 1.84 bits per heavy atom. The summed E-state index contributed by atoms with van der Waals surface area (Å²) < 4.78 is 0. The van der Waals surface area contributed by atoms with Gasteiger partial charge in [-0.3, -0.25) is 4.79 Å². The van der Waals surface area contributed by atoms with E-state index >= 15 is 0 Å². The Balaban J connectivity index is 2.07. The number of hydrogen-bond donors (Lipinski definition) is 1. The van der Waals surface area contributed by atoms with E-state index in [-0.39, 0.29) is 23.9 Å². The van der Waals surface area contributed by atoms with E-state index in [4.69, 9.17) is 11.6 Å². The van der Waals surface area contributed by atoms with Crippen molar-refractivity contribution >= 4 is 23.5 Å². The highest BCUT2D eigenvalue weighted by Crippen LogP contribution is 2.17. The number of rotatable bonds is 7. The SMILES string of the molecule is CC(C)N(Cc1cccc(Cl)c1)C(=O)CCc1ccccc1C(=O)O. The third kappa shape index (κ3) is 5.33. The zero-order chi connectivity index (χ0) is 18.4. The molecule has 0 fully saturated rings. The van der Waals surface area contributed by atoms with E-state index in [1.807, 2.05) is 32.0 Å². The highest BCUT2D eigenvalue weighted by Gasteiger charge is 2.18. The summed E-state index contributed by atoms with van der Waals surface area (Å²) in [6, 6.07) is 14.3. The molecule has 0 aliphatic carbocycles. The van der Waals surface area contributed by atoms with Crippen molar-refractivity contribution in [3.8, 4) is 0 Å². The molecule has 5 heteroatoms. The number of carbonyl (C=O) groups is 2. The monoisotopic (exact) mass is 359 g/mol. The van der Waals surface area contributed by atoms with Crippen molar-refractivity contribution in [2.75, 3.05) is 0 Å². The molecular formula is C20H22ClNO3. The first-order valence-corrected chi connectivity index (χ1v) is 8.61. The summed E-state index contributed by atoms with van der Waals surface area (Å²) in [5.41, 5.74) is 1.90. The molecule has 0 heterocycles. The molecule has 0 aliphatic heterocycles. The normalized spacial score (nSPS) is 10.7. The fourth-order valence-electron chi connectivity index (χ4n) is 2.72. The van der Waals surface area contributed by atoms with Crippen LogP contribution in [0.1, 0.15) is 41.8 Å². The first kappa shape index (κ1) is 19.0. The van der Waals surface area contributed by atoms with E-state index in [2.05, 4.69) is 0 Å². The van der Waals surface area contributed by atoms with Gasteiger partial charge in [0.25, 0.3) is 0 Å². The Hall–Kier alpha value is -2.33. The molecule has 0 bridgehead atoms. The molecule has 132 valence electrons. The molecule has 0 saturated carbocycles. The average Bonchev–Trinajstić information content (AvgIpc) is 2.57.